The lowest BCUT2D eigenvalue weighted by Gasteiger charge is -2.15. The number of nitrogens with one attached hydrogen (secondary N) is 1. The summed E-state index contributed by atoms with van der Waals surface area (Å²) in [6.45, 7) is 1.97. The summed E-state index contributed by atoms with van der Waals surface area (Å²) in [5.74, 6) is 1.14. The molecule has 1 N–H and O–H groups in total. The van der Waals surface area contributed by atoms with Crippen LogP contribution in [0.3, 0.4) is 0 Å². The molecule has 3 rings (SSSR count). The van der Waals surface area contributed by atoms with Crippen LogP contribution in [0, 0.1) is 0 Å². The van der Waals surface area contributed by atoms with E-state index in [-0.39, 0.29) is 5.91 Å². The van der Waals surface area contributed by atoms with E-state index < -0.39 is 0 Å². The number of aryl methyl sites for hydroxylation is 2. The fraction of sp³-hybridized carbons (Fsp3) is 0.500. The summed E-state index contributed by atoms with van der Waals surface area (Å²) < 4.78 is 9.08. The molecule has 0 radical (unpaired) electrons. The average Bonchev–Trinajstić information content (AvgIpc) is 3.10. The Balaban J connectivity index is 1.50. The molecule has 1 aliphatic rings. The molecular formula is C12H16N6O2S. The quantitative estimate of drug-likeness (QED) is 0.632. The molecule has 2 aromatic heterocycles. The molecule has 0 spiro atoms. The first-order chi connectivity index (χ1) is 10.3. The number of aromatic nitrogens is 5. The van der Waals surface area contributed by atoms with E-state index in [0.29, 0.717) is 24.6 Å². The first-order valence-corrected chi connectivity index (χ1v) is 7.68. The van der Waals surface area contributed by atoms with Crippen molar-refractivity contribution in [3.8, 4) is 5.88 Å². The molecule has 21 heavy (non-hydrogen) atoms. The monoisotopic (exact) mass is 308 g/mol. The summed E-state index contributed by atoms with van der Waals surface area (Å²) in [7, 11) is 1.89. The molecule has 0 fully saturated rings. The molecule has 0 unspecified atom stereocenters. The third-order valence-corrected chi connectivity index (χ3v) is 4.11. The number of ether oxygens (including phenoxy) is 1. The smallest absolute Gasteiger partial charge is 0.258 e. The summed E-state index contributed by atoms with van der Waals surface area (Å²) in [4.78, 5) is 12.1. The van der Waals surface area contributed by atoms with Crippen LogP contribution in [0.25, 0.3) is 0 Å². The summed E-state index contributed by atoms with van der Waals surface area (Å²) in [5, 5.41) is 15.6. The van der Waals surface area contributed by atoms with E-state index in [1.54, 1.807) is 29.0 Å². The van der Waals surface area contributed by atoms with E-state index >= 15 is 0 Å². The summed E-state index contributed by atoms with van der Waals surface area (Å²) >= 11 is 1.54. The zero-order valence-corrected chi connectivity index (χ0v) is 12.5. The van der Waals surface area contributed by atoms with Crippen LogP contribution in [0.5, 0.6) is 5.88 Å². The molecular weight excluding hydrogens is 292 g/mol. The van der Waals surface area contributed by atoms with Gasteiger partial charge in [-0.3, -0.25) is 4.79 Å². The normalized spacial score (nSPS) is 13.6. The number of carbonyl (C=O) groups is 1. The number of hydrogen-bond acceptors (Lipinski definition) is 6. The third-order valence-electron chi connectivity index (χ3n) is 3.08. The van der Waals surface area contributed by atoms with E-state index in [4.69, 9.17) is 4.74 Å². The van der Waals surface area contributed by atoms with E-state index in [0.717, 1.165) is 23.9 Å². The van der Waals surface area contributed by atoms with Crippen molar-refractivity contribution < 1.29 is 9.53 Å². The number of thioether (sulfide) groups is 1. The van der Waals surface area contributed by atoms with Gasteiger partial charge in [-0.25, -0.2) is 4.68 Å². The van der Waals surface area contributed by atoms with Gasteiger partial charge in [0.05, 0.1) is 12.8 Å². The number of fused-ring (bicyclic) bond motifs is 1. The lowest BCUT2D eigenvalue weighted by Crippen LogP contribution is -2.26. The summed E-state index contributed by atoms with van der Waals surface area (Å²) in [6, 6.07) is 0. The Morgan fingerprint density at radius 3 is 3.29 bits per heavy atom. The van der Waals surface area contributed by atoms with Crippen LogP contribution in [0.4, 0.5) is 0 Å². The van der Waals surface area contributed by atoms with Gasteiger partial charge in [-0.1, -0.05) is 11.8 Å². The van der Waals surface area contributed by atoms with Gasteiger partial charge in [-0.2, -0.15) is 5.10 Å². The van der Waals surface area contributed by atoms with Gasteiger partial charge in [0.25, 0.3) is 5.91 Å². The lowest BCUT2D eigenvalue weighted by molar-refractivity contribution is 0.0949. The first kappa shape index (κ1) is 13.9. The Kier molecular flexibility index (Phi) is 4.09. The molecule has 112 valence electrons. The molecule has 0 saturated heterocycles. The molecule has 0 saturated carbocycles. The van der Waals surface area contributed by atoms with Gasteiger partial charge in [0, 0.05) is 32.3 Å². The largest absolute Gasteiger partial charge is 0.477 e. The predicted octanol–water partition coefficient (Wildman–Crippen LogP) is 0.316. The van der Waals surface area contributed by atoms with Crippen molar-refractivity contribution in [2.24, 2.45) is 7.05 Å². The number of amides is 1. The Morgan fingerprint density at radius 2 is 2.48 bits per heavy atom. The van der Waals surface area contributed by atoms with Gasteiger partial charge < -0.3 is 14.6 Å². The highest BCUT2D eigenvalue weighted by Gasteiger charge is 2.21. The molecule has 8 nitrogen and oxygen atoms in total. The highest BCUT2D eigenvalue weighted by molar-refractivity contribution is 7.99. The van der Waals surface area contributed by atoms with Crippen molar-refractivity contribution in [2.45, 2.75) is 18.1 Å². The zero-order valence-electron chi connectivity index (χ0n) is 11.7. The highest BCUT2D eigenvalue weighted by Crippen LogP contribution is 2.22. The topological polar surface area (TPSA) is 86.9 Å². The highest BCUT2D eigenvalue weighted by atomic mass is 32.2. The van der Waals surface area contributed by atoms with Crippen molar-refractivity contribution in [1.82, 2.24) is 29.9 Å². The second kappa shape index (κ2) is 6.17. The van der Waals surface area contributed by atoms with E-state index in [2.05, 4.69) is 20.6 Å². The SMILES string of the molecule is Cn1cnnc1SCCNC(=O)c1cnn2c1OCCC2. The fourth-order valence-electron chi connectivity index (χ4n) is 2.03. The van der Waals surface area contributed by atoms with E-state index in [1.165, 1.54) is 0 Å². The maximum atomic E-state index is 12.1. The first-order valence-electron chi connectivity index (χ1n) is 6.69. The Morgan fingerprint density at radius 1 is 1.57 bits per heavy atom. The minimum atomic E-state index is -0.156. The number of hydrogen-bond donors (Lipinski definition) is 1. The van der Waals surface area contributed by atoms with Crippen LogP contribution in [0.1, 0.15) is 16.8 Å². The van der Waals surface area contributed by atoms with E-state index in [1.807, 2.05) is 11.6 Å². The van der Waals surface area contributed by atoms with Crippen LogP contribution >= 0.6 is 11.8 Å². The van der Waals surface area contributed by atoms with Gasteiger partial charge in [0.1, 0.15) is 11.9 Å². The van der Waals surface area contributed by atoms with Crippen LogP contribution in [-0.4, -0.2) is 49.4 Å². The molecule has 0 bridgehead atoms. The molecule has 1 aliphatic heterocycles. The Hall–Kier alpha value is -2.03. The molecule has 0 atom stereocenters. The van der Waals surface area contributed by atoms with Gasteiger partial charge >= 0.3 is 0 Å². The number of rotatable bonds is 5. The predicted molar refractivity (Wildman–Crippen MR) is 76.4 cm³/mol. The minimum Gasteiger partial charge on any atom is -0.477 e. The van der Waals surface area contributed by atoms with Gasteiger partial charge in [-0.15, -0.1) is 10.2 Å². The Bertz CT molecular complexity index is 637. The number of nitrogens with zero attached hydrogens (tertiary/aromatic N) is 5. The standard InChI is InChI=1S/C12H16N6O2S/c1-17-8-14-16-12(17)21-6-3-13-10(19)9-7-15-18-4-2-5-20-11(9)18/h7-8H,2-6H2,1H3,(H,13,19). The minimum absolute atomic E-state index is 0.156. The van der Waals surface area contributed by atoms with Gasteiger partial charge in [0.15, 0.2) is 5.16 Å². The van der Waals surface area contributed by atoms with Crippen LogP contribution in [-0.2, 0) is 13.6 Å². The van der Waals surface area contributed by atoms with Crippen molar-refractivity contribution in [2.75, 3.05) is 18.9 Å². The zero-order chi connectivity index (χ0) is 14.7. The van der Waals surface area contributed by atoms with Gasteiger partial charge in [-0.05, 0) is 0 Å². The fourth-order valence-corrected chi connectivity index (χ4v) is 2.77. The van der Waals surface area contributed by atoms with Crippen LogP contribution in [0.15, 0.2) is 17.7 Å². The molecule has 0 aliphatic carbocycles. The molecule has 2 aromatic rings. The van der Waals surface area contributed by atoms with Crippen molar-refractivity contribution in [3.63, 3.8) is 0 Å². The van der Waals surface area contributed by atoms with Crippen LogP contribution < -0.4 is 10.1 Å². The second-order valence-corrected chi connectivity index (χ2v) is 5.68. The molecule has 0 aromatic carbocycles. The summed E-state index contributed by atoms with van der Waals surface area (Å²) in [6.07, 6.45) is 4.13. The van der Waals surface area contributed by atoms with Crippen molar-refractivity contribution >= 4 is 17.7 Å². The van der Waals surface area contributed by atoms with Crippen molar-refractivity contribution in [1.29, 1.82) is 0 Å². The molecule has 1 amide bonds. The van der Waals surface area contributed by atoms with Gasteiger partial charge in [0.2, 0.25) is 5.88 Å². The molecule has 9 heteroatoms. The molecule has 3 heterocycles. The van der Waals surface area contributed by atoms with Crippen molar-refractivity contribution in [3.05, 3.63) is 18.1 Å². The Labute approximate surface area is 125 Å². The van der Waals surface area contributed by atoms with E-state index in [9.17, 15) is 4.79 Å². The number of carbonyl (C=O) groups excluding carboxylic acids is 1. The summed E-state index contributed by atoms with van der Waals surface area (Å²) in [5.41, 5.74) is 0.498. The third kappa shape index (κ3) is 3.02. The average molecular weight is 308 g/mol. The maximum Gasteiger partial charge on any atom is 0.258 e. The van der Waals surface area contributed by atoms with Crippen LogP contribution in [0.2, 0.25) is 0 Å². The lowest BCUT2D eigenvalue weighted by atomic mass is 10.3. The second-order valence-electron chi connectivity index (χ2n) is 4.62. The maximum absolute atomic E-state index is 12.1.